The van der Waals surface area contributed by atoms with Gasteiger partial charge < -0.3 is 10.1 Å². The molecule has 2 aromatic rings. The van der Waals surface area contributed by atoms with Crippen molar-refractivity contribution in [2.45, 2.75) is 20.1 Å². The highest BCUT2D eigenvalue weighted by molar-refractivity contribution is 7.09. The Kier molecular flexibility index (Phi) is 5.13. The van der Waals surface area contributed by atoms with Crippen molar-refractivity contribution in [1.29, 1.82) is 0 Å². The van der Waals surface area contributed by atoms with E-state index in [9.17, 15) is 4.39 Å². The molecule has 1 heterocycles. The largest absolute Gasteiger partial charge is 0.487 e. The van der Waals surface area contributed by atoms with E-state index >= 15 is 0 Å². The Morgan fingerprint density at radius 3 is 3.05 bits per heavy atom. The van der Waals surface area contributed by atoms with Gasteiger partial charge in [0.1, 0.15) is 23.2 Å². The zero-order chi connectivity index (χ0) is 13.7. The van der Waals surface area contributed by atoms with Gasteiger partial charge >= 0.3 is 0 Å². The van der Waals surface area contributed by atoms with Crippen LogP contribution in [0.15, 0.2) is 23.6 Å². The van der Waals surface area contributed by atoms with Gasteiger partial charge in [-0.2, -0.15) is 0 Å². The molecule has 0 aliphatic carbocycles. The number of halogens is 2. The van der Waals surface area contributed by atoms with E-state index < -0.39 is 5.82 Å². The Balaban J connectivity index is 1.91. The molecule has 0 unspecified atom stereocenters. The van der Waals surface area contributed by atoms with Gasteiger partial charge in [0.25, 0.3) is 0 Å². The van der Waals surface area contributed by atoms with Crippen molar-refractivity contribution >= 4 is 22.9 Å². The normalized spacial score (nSPS) is 10.7. The summed E-state index contributed by atoms with van der Waals surface area (Å²) in [6, 6.07) is 4.30. The molecule has 0 saturated heterocycles. The van der Waals surface area contributed by atoms with Gasteiger partial charge in [0, 0.05) is 18.0 Å². The summed E-state index contributed by atoms with van der Waals surface area (Å²) in [5, 5.41) is 6.25. The van der Waals surface area contributed by atoms with E-state index in [4.69, 9.17) is 16.3 Å². The molecule has 6 heteroatoms. The molecular formula is C13H14ClFN2OS. The quantitative estimate of drug-likeness (QED) is 0.884. The second-order valence-corrected chi connectivity index (χ2v) is 5.23. The van der Waals surface area contributed by atoms with Crippen molar-refractivity contribution in [2.75, 3.05) is 6.54 Å². The maximum Gasteiger partial charge on any atom is 0.142 e. The van der Waals surface area contributed by atoms with Crippen LogP contribution in [0.2, 0.25) is 5.02 Å². The SMILES string of the molecule is CCNCc1nc(COc2ccc(F)c(Cl)c2)cs1. The lowest BCUT2D eigenvalue weighted by Gasteiger charge is -2.04. The van der Waals surface area contributed by atoms with E-state index in [1.165, 1.54) is 12.1 Å². The topological polar surface area (TPSA) is 34.2 Å². The number of aromatic nitrogens is 1. The van der Waals surface area contributed by atoms with Gasteiger partial charge in [-0.3, -0.25) is 0 Å². The molecule has 0 radical (unpaired) electrons. The highest BCUT2D eigenvalue weighted by Gasteiger charge is 2.05. The Bertz CT molecular complexity index is 547. The van der Waals surface area contributed by atoms with E-state index in [0.29, 0.717) is 12.4 Å². The fourth-order valence-electron chi connectivity index (χ4n) is 1.45. The Morgan fingerprint density at radius 2 is 2.32 bits per heavy atom. The zero-order valence-electron chi connectivity index (χ0n) is 10.5. The first-order valence-electron chi connectivity index (χ1n) is 5.91. The summed E-state index contributed by atoms with van der Waals surface area (Å²) >= 11 is 7.27. The summed E-state index contributed by atoms with van der Waals surface area (Å²) in [5.41, 5.74) is 0.860. The van der Waals surface area contributed by atoms with Gasteiger partial charge in [-0.1, -0.05) is 18.5 Å². The minimum Gasteiger partial charge on any atom is -0.487 e. The average Bonchev–Trinajstić information content (AvgIpc) is 2.86. The zero-order valence-corrected chi connectivity index (χ0v) is 12.0. The monoisotopic (exact) mass is 300 g/mol. The number of rotatable bonds is 6. The summed E-state index contributed by atoms with van der Waals surface area (Å²) in [6.45, 7) is 4.09. The highest BCUT2D eigenvalue weighted by atomic mass is 35.5. The molecule has 0 saturated carbocycles. The van der Waals surface area contributed by atoms with Gasteiger partial charge in [-0.25, -0.2) is 9.37 Å². The Hall–Kier alpha value is -1.17. The van der Waals surface area contributed by atoms with E-state index in [-0.39, 0.29) is 5.02 Å². The lowest BCUT2D eigenvalue weighted by atomic mass is 10.3. The highest BCUT2D eigenvalue weighted by Crippen LogP contribution is 2.22. The van der Waals surface area contributed by atoms with Crippen LogP contribution < -0.4 is 10.1 Å². The average molecular weight is 301 g/mol. The van der Waals surface area contributed by atoms with Crippen molar-refractivity contribution in [1.82, 2.24) is 10.3 Å². The minimum atomic E-state index is -0.449. The van der Waals surface area contributed by atoms with E-state index in [0.717, 1.165) is 23.8 Å². The number of hydrogen-bond acceptors (Lipinski definition) is 4. The van der Waals surface area contributed by atoms with Gasteiger partial charge in [0.05, 0.1) is 10.7 Å². The molecule has 19 heavy (non-hydrogen) atoms. The van der Waals surface area contributed by atoms with Crippen LogP contribution in [0.4, 0.5) is 4.39 Å². The number of ether oxygens (including phenoxy) is 1. The molecule has 1 aromatic heterocycles. The molecule has 0 bridgehead atoms. The lowest BCUT2D eigenvalue weighted by molar-refractivity contribution is 0.301. The fourth-order valence-corrected chi connectivity index (χ4v) is 2.37. The number of nitrogens with one attached hydrogen (secondary N) is 1. The molecular weight excluding hydrogens is 287 g/mol. The third-order valence-electron chi connectivity index (χ3n) is 2.40. The first-order chi connectivity index (χ1) is 9.19. The molecule has 0 aliphatic heterocycles. The molecule has 1 aromatic carbocycles. The van der Waals surface area contributed by atoms with Crippen LogP contribution in [-0.2, 0) is 13.2 Å². The molecule has 3 nitrogen and oxygen atoms in total. The number of hydrogen-bond donors (Lipinski definition) is 1. The predicted octanol–water partition coefficient (Wildman–Crippen LogP) is 3.62. The van der Waals surface area contributed by atoms with Crippen molar-refractivity contribution in [3.63, 3.8) is 0 Å². The number of thiazole rings is 1. The molecule has 2 rings (SSSR count). The third-order valence-corrected chi connectivity index (χ3v) is 3.59. The lowest BCUT2D eigenvalue weighted by Crippen LogP contribution is -2.11. The molecule has 0 fully saturated rings. The molecule has 1 N–H and O–H groups in total. The summed E-state index contributed by atoms with van der Waals surface area (Å²) in [7, 11) is 0. The van der Waals surface area contributed by atoms with Crippen molar-refractivity contribution in [3.05, 3.63) is 45.1 Å². The Morgan fingerprint density at radius 1 is 1.47 bits per heavy atom. The van der Waals surface area contributed by atoms with E-state index in [2.05, 4.69) is 17.2 Å². The van der Waals surface area contributed by atoms with Crippen LogP contribution in [-0.4, -0.2) is 11.5 Å². The standard InChI is InChI=1S/C13H14ClFN2OS/c1-2-16-6-13-17-9(8-19-13)7-18-10-3-4-12(15)11(14)5-10/h3-5,8,16H,2,6-7H2,1H3. The van der Waals surface area contributed by atoms with Crippen molar-refractivity contribution in [2.24, 2.45) is 0 Å². The van der Waals surface area contributed by atoms with Crippen LogP contribution in [0.1, 0.15) is 17.6 Å². The summed E-state index contributed by atoms with van der Waals surface area (Å²) in [4.78, 5) is 4.43. The van der Waals surface area contributed by atoms with Crippen LogP contribution in [0.5, 0.6) is 5.75 Å². The third kappa shape index (κ3) is 4.16. The molecule has 0 amide bonds. The van der Waals surface area contributed by atoms with Gasteiger partial charge in [0.2, 0.25) is 0 Å². The van der Waals surface area contributed by atoms with Crippen LogP contribution in [0.25, 0.3) is 0 Å². The van der Waals surface area contributed by atoms with Gasteiger partial charge in [-0.15, -0.1) is 11.3 Å². The maximum atomic E-state index is 13.0. The minimum absolute atomic E-state index is 0.0589. The van der Waals surface area contributed by atoms with Crippen molar-refractivity contribution < 1.29 is 9.13 Å². The van der Waals surface area contributed by atoms with Crippen LogP contribution >= 0.6 is 22.9 Å². The first kappa shape index (κ1) is 14.2. The smallest absolute Gasteiger partial charge is 0.142 e. The number of benzene rings is 1. The van der Waals surface area contributed by atoms with Gasteiger partial charge in [-0.05, 0) is 18.7 Å². The van der Waals surface area contributed by atoms with Gasteiger partial charge in [0.15, 0.2) is 0 Å². The predicted molar refractivity (Wildman–Crippen MR) is 75.2 cm³/mol. The fraction of sp³-hybridized carbons (Fsp3) is 0.308. The van der Waals surface area contributed by atoms with Crippen LogP contribution in [0.3, 0.4) is 0 Å². The molecule has 0 aliphatic rings. The Labute approximate surface area is 120 Å². The molecule has 102 valence electrons. The van der Waals surface area contributed by atoms with E-state index in [1.54, 1.807) is 17.4 Å². The van der Waals surface area contributed by atoms with Crippen LogP contribution in [0, 0.1) is 5.82 Å². The van der Waals surface area contributed by atoms with E-state index in [1.807, 2.05) is 5.38 Å². The number of nitrogens with zero attached hydrogens (tertiary/aromatic N) is 1. The summed E-state index contributed by atoms with van der Waals surface area (Å²) in [5.74, 6) is 0.0863. The second-order valence-electron chi connectivity index (χ2n) is 3.88. The first-order valence-corrected chi connectivity index (χ1v) is 7.16. The second kappa shape index (κ2) is 6.84. The molecule has 0 atom stereocenters. The molecule has 0 spiro atoms. The summed E-state index contributed by atoms with van der Waals surface area (Å²) in [6.07, 6.45) is 0. The summed E-state index contributed by atoms with van der Waals surface area (Å²) < 4.78 is 18.5. The van der Waals surface area contributed by atoms with Crippen molar-refractivity contribution in [3.8, 4) is 5.75 Å². The maximum absolute atomic E-state index is 13.0.